The van der Waals surface area contributed by atoms with Gasteiger partial charge in [-0.3, -0.25) is 9.59 Å². The number of amides is 1. The topological polar surface area (TPSA) is 79.5 Å². The van der Waals surface area contributed by atoms with E-state index in [0.29, 0.717) is 18.7 Å². The minimum Gasteiger partial charge on any atom is -0.459 e. The molecule has 0 saturated carbocycles. The van der Waals surface area contributed by atoms with Gasteiger partial charge in [0.05, 0.1) is 6.26 Å². The third kappa shape index (κ3) is 5.31. The fraction of sp³-hybridized carbons (Fsp3) is 0.500. The van der Waals surface area contributed by atoms with Crippen molar-refractivity contribution in [3.05, 3.63) is 24.2 Å². The molecule has 5 nitrogen and oxygen atoms in total. The van der Waals surface area contributed by atoms with Crippen LogP contribution in [0.15, 0.2) is 22.8 Å². The maximum atomic E-state index is 11.4. The van der Waals surface area contributed by atoms with Crippen LogP contribution in [0.1, 0.15) is 36.2 Å². The van der Waals surface area contributed by atoms with Gasteiger partial charge in [-0.05, 0) is 25.0 Å². The molecule has 0 fully saturated rings. The van der Waals surface area contributed by atoms with Crippen molar-refractivity contribution in [1.82, 2.24) is 5.32 Å². The van der Waals surface area contributed by atoms with E-state index < -0.39 is 0 Å². The number of hydrogen-bond donors (Lipinski definition) is 2. The Labute approximate surface area is 99.8 Å². The number of nitrogens with one attached hydrogen (secondary N) is 1. The Kier molecular flexibility index (Phi) is 6.03. The van der Waals surface area contributed by atoms with E-state index in [1.807, 2.05) is 0 Å². The lowest BCUT2D eigenvalue weighted by Gasteiger charge is -2.02. The first-order valence-electron chi connectivity index (χ1n) is 5.68. The van der Waals surface area contributed by atoms with Crippen LogP contribution in [-0.4, -0.2) is 29.9 Å². The Morgan fingerprint density at radius 1 is 1.29 bits per heavy atom. The van der Waals surface area contributed by atoms with Gasteiger partial charge in [0, 0.05) is 13.0 Å². The Hall–Kier alpha value is -1.62. The average Bonchev–Trinajstić information content (AvgIpc) is 2.86. The number of rotatable bonds is 8. The maximum Gasteiger partial charge on any atom is 0.286 e. The van der Waals surface area contributed by atoms with Crippen LogP contribution in [0, 0.1) is 0 Å². The summed E-state index contributed by atoms with van der Waals surface area (Å²) in [6.07, 6.45) is 4.27. The van der Waals surface area contributed by atoms with Gasteiger partial charge in [-0.1, -0.05) is 6.42 Å². The summed E-state index contributed by atoms with van der Waals surface area (Å²) in [6.45, 7) is 0.183. The summed E-state index contributed by atoms with van der Waals surface area (Å²) in [5.74, 6) is -0.0495. The summed E-state index contributed by atoms with van der Waals surface area (Å²) >= 11 is 0. The molecular weight excluding hydrogens is 222 g/mol. The smallest absolute Gasteiger partial charge is 0.286 e. The van der Waals surface area contributed by atoms with Gasteiger partial charge in [-0.2, -0.15) is 0 Å². The number of hydrogen-bond acceptors (Lipinski definition) is 4. The van der Waals surface area contributed by atoms with E-state index in [0.717, 1.165) is 19.3 Å². The molecule has 0 unspecified atom stereocenters. The predicted molar refractivity (Wildman–Crippen MR) is 61.6 cm³/mol. The van der Waals surface area contributed by atoms with Crippen molar-refractivity contribution in [2.75, 3.05) is 13.2 Å². The normalized spacial score (nSPS) is 10.2. The van der Waals surface area contributed by atoms with Gasteiger partial charge in [-0.15, -0.1) is 0 Å². The van der Waals surface area contributed by atoms with Crippen molar-refractivity contribution >= 4 is 11.7 Å². The first kappa shape index (κ1) is 13.4. The van der Waals surface area contributed by atoms with Crippen molar-refractivity contribution in [1.29, 1.82) is 0 Å². The summed E-state index contributed by atoms with van der Waals surface area (Å²) in [5, 5.41) is 11.2. The van der Waals surface area contributed by atoms with Crippen molar-refractivity contribution < 1.29 is 19.1 Å². The molecule has 17 heavy (non-hydrogen) atoms. The molecule has 0 spiro atoms. The summed E-state index contributed by atoms with van der Waals surface area (Å²) in [7, 11) is 0. The van der Waals surface area contributed by atoms with Gasteiger partial charge in [0.2, 0.25) is 0 Å². The highest BCUT2D eigenvalue weighted by atomic mass is 16.3. The largest absolute Gasteiger partial charge is 0.459 e. The molecule has 0 aliphatic carbocycles. The fourth-order valence-corrected chi connectivity index (χ4v) is 1.40. The van der Waals surface area contributed by atoms with Crippen LogP contribution >= 0.6 is 0 Å². The number of Topliss-reactive ketones (excluding diaryl/α,β-unsaturated/α-hetero) is 1. The van der Waals surface area contributed by atoms with Crippen LogP contribution in [-0.2, 0) is 4.79 Å². The molecule has 5 heteroatoms. The van der Waals surface area contributed by atoms with Gasteiger partial charge in [0.25, 0.3) is 5.91 Å². The molecule has 0 aromatic carbocycles. The van der Waals surface area contributed by atoms with Gasteiger partial charge in [0.1, 0.15) is 6.61 Å². The molecule has 0 aliphatic rings. The number of unbranched alkanes of at least 4 members (excludes halogenated alkanes) is 2. The Bertz CT molecular complexity index is 345. The molecule has 1 aromatic rings. The molecule has 1 aromatic heterocycles. The quantitative estimate of drug-likeness (QED) is 0.666. The van der Waals surface area contributed by atoms with Crippen molar-refractivity contribution in [2.45, 2.75) is 25.7 Å². The fourth-order valence-electron chi connectivity index (χ4n) is 1.40. The van der Waals surface area contributed by atoms with Gasteiger partial charge in [-0.25, -0.2) is 0 Å². The third-order valence-electron chi connectivity index (χ3n) is 2.34. The van der Waals surface area contributed by atoms with Crippen LogP contribution in [0.5, 0.6) is 0 Å². The molecule has 94 valence electrons. The van der Waals surface area contributed by atoms with Crippen molar-refractivity contribution in [3.8, 4) is 0 Å². The van der Waals surface area contributed by atoms with Crippen LogP contribution in [0.3, 0.4) is 0 Å². The zero-order valence-electron chi connectivity index (χ0n) is 9.65. The molecule has 1 amide bonds. The van der Waals surface area contributed by atoms with E-state index in [-0.39, 0.29) is 18.3 Å². The van der Waals surface area contributed by atoms with E-state index in [4.69, 9.17) is 9.52 Å². The first-order valence-corrected chi connectivity index (χ1v) is 5.68. The van der Waals surface area contributed by atoms with Crippen LogP contribution in [0.4, 0.5) is 0 Å². The molecule has 2 N–H and O–H groups in total. The van der Waals surface area contributed by atoms with Crippen LogP contribution in [0.2, 0.25) is 0 Å². The van der Waals surface area contributed by atoms with E-state index in [2.05, 4.69) is 5.32 Å². The lowest BCUT2D eigenvalue weighted by molar-refractivity contribution is -0.121. The average molecular weight is 239 g/mol. The number of aliphatic hydroxyl groups is 1. The highest BCUT2D eigenvalue weighted by Crippen LogP contribution is 2.01. The molecule has 0 radical (unpaired) electrons. The first-order chi connectivity index (χ1) is 8.24. The molecule has 0 bridgehead atoms. The molecule has 0 saturated heterocycles. The van der Waals surface area contributed by atoms with E-state index in [1.54, 1.807) is 12.1 Å². The Morgan fingerprint density at radius 3 is 2.76 bits per heavy atom. The standard InChI is InChI=1S/C12H17NO4/c14-9-10(15)5-2-1-3-7-13-12(16)11-6-4-8-17-11/h4,6,8,14H,1-3,5,7,9H2,(H,13,16). The lowest BCUT2D eigenvalue weighted by atomic mass is 10.1. The molecule has 0 aliphatic heterocycles. The SMILES string of the molecule is O=C(CO)CCCCCNC(=O)c1ccco1. The molecule has 1 heterocycles. The second-order valence-electron chi connectivity index (χ2n) is 3.74. The lowest BCUT2D eigenvalue weighted by Crippen LogP contribution is -2.23. The second-order valence-corrected chi connectivity index (χ2v) is 3.74. The van der Waals surface area contributed by atoms with Crippen LogP contribution in [0.25, 0.3) is 0 Å². The number of ketones is 1. The van der Waals surface area contributed by atoms with E-state index >= 15 is 0 Å². The molecular formula is C12H17NO4. The molecule has 0 atom stereocenters. The minimum atomic E-state index is -0.380. The van der Waals surface area contributed by atoms with Gasteiger partial charge >= 0.3 is 0 Å². The second kappa shape index (κ2) is 7.62. The Balaban J connectivity index is 2.01. The predicted octanol–water partition coefficient (Wildman–Crippen LogP) is 1.13. The number of carbonyl (C=O) groups excluding carboxylic acids is 2. The number of furan rings is 1. The highest BCUT2D eigenvalue weighted by molar-refractivity contribution is 5.91. The summed E-state index contributed by atoms with van der Waals surface area (Å²) in [5.41, 5.74) is 0. The summed E-state index contributed by atoms with van der Waals surface area (Å²) in [6, 6.07) is 3.27. The third-order valence-corrected chi connectivity index (χ3v) is 2.34. The van der Waals surface area contributed by atoms with E-state index in [9.17, 15) is 9.59 Å². The molecule has 1 rings (SSSR count). The van der Waals surface area contributed by atoms with E-state index in [1.165, 1.54) is 6.26 Å². The monoisotopic (exact) mass is 239 g/mol. The number of aliphatic hydroxyl groups excluding tert-OH is 1. The van der Waals surface area contributed by atoms with Gasteiger partial charge < -0.3 is 14.8 Å². The van der Waals surface area contributed by atoms with Crippen molar-refractivity contribution in [3.63, 3.8) is 0 Å². The Morgan fingerprint density at radius 2 is 2.12 bits per heavy atom. The zero-order valence-corrected chi connectivity index (χ0v) is 9.65. The minimum absolute atomic E-state index is 0.135. The highest BCUT2D eigenvalue weighted by Gasteiger charge is 2.06. The van der Waals surface area contributed by atoms with Crippen LogP contribution < -0.4 is 5.32 Å². The van der Waals surface area contributed by atoms with Gasteiger partial charge in [0.15, 0.2) is 11.5 Å². The summed E-state index contributed by atoms with van der Waals surface area (Å²) < 4.78 is 4.94. The maximum absolute atomic E-state index is 11.4. The van der Waals surface area contributed by atoms with Crippen molar-refractivity contribution in [2.24, 2.45) is 0 Å². The zero-order chi connectivity index (χ0) is 12.5. The summed E-state index contributed by atoms with van der Waals surface area (Å²) in [4.78, 5) is 22.2. The number of carbonyl (C=O) groups is 2.